The highest BCUT2D eigenvalue weighted by Gasteiger charge is 2.35. The highest BCUT2D eigenvalue weighted by atomic mass is 32.2. The van der Waals surface area contributed by atoms with Gasteiger partial charge in [0.2, 0.25) is 11.0 Å². The summed E-state index contributed by atoms with van der Waals surface area (Å²) in [6.07, 6.45) is 2.11. The Morgan fingerprint density at radius 3 is 2.80 bits per heavy atom. The Hall–Kier alpha value is -2.06. The Morgan fingerprint density at radius 1 is 1.40 bits per heavy atom. The minimum atomic E-state index is -0.413. The van der Waals surface area contributed by atoms with Crippen LogP contribution in [0.4, 0.5) is 10.8 Å². The molecule has 0 aliphatic carbocycles. The second-order valence-electron chi connectivity index (χ2n) is 6.29. The molecule has 0 radical (unpaired) electrons. The lowest BCUT2D eigenvalue weighted by atomic mass is 9.88. The van der Waals surface area contributed by atoms with Gasteiger partial charge in [-0.1, -0.05) is 29.2 Å². The SMILES string of the molecule is COc1ccc2c(c1)C(C)=CC(C)(C)N2C(=O)CSc1nnc(N)s1. The lowest BCUT2D eigenvalue weighted by Crippen LogP contribution is -2.49. The molecule has 3 rings (SSSR count). The number of hydrogen-bond donors (Lipinski definition) is 1. The van der Waals surface area contributed by atoms with Crippen LogP contribution in [0.5, 0.6) is 5.75 Å². The molecule has 2 N–H and O–H groups in total. The van der Waals surface area contributed by atoms with E-state index in [0.717, 1.165) is 22.6 Å². The third-order valence-corrected chi connectivity index (χ3v) is 5.88. The second kappa shape index (κ2) is 6.68. The maximum absolute atomic E-state index is 13.0. The van der Waals surface area contributed by atoms with Crippen LogP contribution in [0, 0.1) is 0 Å². The van der Waals surface area contributed by atoms with E-state index in [1.165, 1.54) is 23.1 Å². The van der Waals surface area contributed by atoms with Crippen molar-refractivity contribution in [2.75, 3.05) is 23.5 Å². The monoisotopic (exact) mass is 376 g/mol. The number of nitrogens with zero attached hydrogens (tertiary/aromatic N) is 3. The lowest BCUT2D eigenvalue weighted by molar-refractivity contribution is -0.116. The van der Waals surface area contributed by atoms with Gasteiger partial charge in [-0.2, -0.15) is 0 Å². The predicted octanol–water partition coefficient (Wildman–Crippen LogP) is 3.45. The largest absolute Gasteiger partial charge is 0.497 e. The van der Waals surface area contributed by atoms with Crippen molar-refractivity contribution in [2.45, 2.75) is 30.6 Å². The average molecular weight is 377 g/mol. The van der Waals surface area contributed by atoms with E-state index >= 15 is 0 Å². The number of allylic oxidation sites excluding steroid dienone is 1. The number of nitrogens with two attached hydrogens (primary N) is 1. The number of anilines is 2. The number of rotatable bonds is 4. The van der Waals surface area contributed by atoms with E-state index in [2.05, 4.69) is 23.2 Å². The van der Waals surface area contributed by atoms with E-state index < -0.39 is 5.54 Å². The van der Waals surface area contributed by atoms with Crippen LogP contribution < -0.4 is 15.4 Å². The van der Waals surface area contributed by atoms with Gasteiger partial charge in [0.25, 0.3) is 0 Å². The van der Waals surface area contributed by atoms with Gasteiger partial charge in [0, 0.05) is 5.56 Å². The summed E-state index contributed by atoms with van der Waals surface area (Å²) < 4.78 is 6.02. The summed E-state index contributed by atoms with van der Waals surface area (Å²) >= 11 is 2.64. The molecule has 0 atom stereocenters. The Morgan fingerprint density at radius 2 is 2.16 bits per heavy atom. The minimum absolute atomic E-state index is 0.0129. The highest BCUT2D eigenvalue weighted by molar-refractivity contribution is 8.01. The van der Waals surface area contributed by atoms with Gasteiger partial charge in [-0.3, -0.25) is 4.79 Å². The minimum Gasteiger partial charge on any atom is -0.497 e. The third-order valence-electron chi connectivity index (χ3n) is 4.01. The number of fused-ring (bicyclic) bond motifs is 1. The summed E-state index contributed by atoms with van der Waals surface area (Å²) in [5.41, 5.74) is 8.22. The topological polar surface area (TPSA) is 81.3 Å². The summed E-state index contributed by atoms with van der Waals surface area (Å²) in [5.74, 6) is 1.06. The van der Waals surface area contributed by atoms with Crippen LogP contribution in [0.3, 0.4) is 0 Å². The van der Waals surface area contributed by atoms with Gasteiger partial charge in [-0.05, 0) is 44.5 Å². The fourth-order valence-corrected chi connectivity index (χ4v) is 4.54. The first-order valence-electron chi connectivity index (χ1n) is 7.74. The van der Waals surface area contributed by atoms with E-state index in [0.29, 0.717) is 9.47 Å². The molecule has 25 heavy (non-hydrogen) atoms. The van der Waals surface area contributed by atoms with Gasteiger partial charge < -0.3 is 15.4 Å². The van der Waals surface area contributed by atoms with Crippen molar-refractivity contribution in [3.05, 3.63) is 29.8 Å². The zero-order valence-electron chi connectivity index (χ0n) is 14.6. The van der Waals surface area contributed by atoms with E-state index in [4.69, 9.17) is 10.5 Å². The molecule has 0 unspecified atom stereocenters. The molecule has 2 aromatic rings. The van der Waals surface area contributed by atoms with E-state index in [1.807, 2.05) is 36.9 Å². The summed E-state index contributed by atoms with van der Waals surface area (Å²) in [5, 5.41) is 8.14. The van der Waals surface area contributed by atoms with Crippen molar-refractivity contribution in [3.63, 3.8) is 0 Å². The number of methoxy groups -OCH3 is 1. The van der Waals surface area contributed by atoms with Crippen molar-refractivity contribution in [3.8, 4) is 5.75 Å². The molecule has 0 saturated heterocycles. The molecule has 1 aliphatic rings. The number of thioether (sulfide) groups is 1. The Balaban J connectivity index is 1.90. The van der Waals surface area contributed by atoms with Crippen molar-refractivity contribution >= 4 is 45.4 Å². The first kappa shape index (κ1) is 17.8. The van der Waals surface area contributed by atoms with Gasteiger partial charge in [0.15, 0.2) is 4.34 Å². The van der Waals surface area contributed by atoms with Crippen LogP contribution in [0.25, 0.3) is 5.57 Å². The number of carbonyl (C=O) groups is 1. The van der Waals surface area contributed by atoms with Gasteiger partial charge >= 0.3 is 0 Å². The molecule has 132 valence electrons. The van der Waals surface area contributed by atoms with Gasteiger partial charge in [-0.15, -0.1) is 10.2 Å². The molecule has 1 aromatic carbocycles. The second-order valence-corrected chi connectivity index (χ2v) is 8.52. The molecule has 2 heterocycles. The van der Waals surface area contributed by atoms with Crippen LogP contribution in [-0.2, 0) is 4.79 Å². The first-order chi connectivity index (χ1) is 11.8. The fourth-order valence-electron chi connectivity index (χ4n) is 3.06. The highest BCUT2D eigenvalue weighted by Crippen LogP contribution is 2.41. The third kappa shape index (κ3) is 3.50. The zero-order chi connectivity index (χ0) is 18.2. The van der Waals surface area contributed by atoms with Crippen LogP contribution >= 0.6 is 23.1 Å². The Kier molecular flexibility index (Phi) is 4.75. The molecule has 8 heteroatoms. The molecule has 1 aromatic heterocycles. The van der Waals surface area contributed by atoms with Crippen molar-refractivity contribution in [1.29, 1.82) is 0 Å². The normalized spacial score (nSPS) is 15.5. The molecule has 0 saturated carbocycles. The Labute approximate surface area is 155 Å². The van der Waals surface area contributed by atoms with Crippen LogP contribution in [0.1, 0.15) is 26.3 Å². The number of ether oxygens (including phenoxy) is 1. The maximum atomic E-state index is 13.0. The number of benzene rings is 1. The van der Waals surface area contributed by atoms with Crippen LogP contribution in [0.2, 0.25) is 0 Å². The number of amides is 1. The van der Waals surface area contributed by atoms with E-state index in [-0.39, 0.29) is 11.7 Å². The fraction of sp³-hybridized carbons (Fsp3) is 0.353. The number of aromatic nitrogens is 2. The van der Waals surface area contributed by atoms with Crippen molar-refractivity contribution in [1.82, 2.24) is 10.2 Å². The molecule has 6 nitrogen and oxygen atoms in total. The van der Waals surface area contributed by atoms with Crippen molar-refractivity contribution < 1.29 is 9.53 Å². The van der Waals surface area contributed by atoms with Gasteiger partial charge in [0.05, 0.1) is 24.1 Å². The molecular weight excluding hydrogens is 356 g/mol. The molecule has 1 aliphatic heterocycles. The van der Waals surface area contributed by atoms with E-state index in [1.54, 1.807) is 7.11 Å². The smallest absolute Gasteiger partial charge is 0.238 e. The number of nitrogen functional groups attached to an aromatic ring is 1. The lowest BCUT2D eigenvalue weighted by Gasteiger charge is -2.41. The number of hydrogen-bond acceptors (Lipinski definition) is 7. The standard InChI is InChI=1S/C17H20N4O2S2/c1-10-8-17(2,3)21(13-6-5-11(23-4)7-12(10)13)14(22)9-24-16-20-19-15(18)25-16/h5-8H,9H2,1-4H3,(H2,18,19). The van der Waals surface area contributed by atoms with Gasteiger partial charge in [0.1, 0.15) is 5.75 Å². The predicted molar refractivity (Wildman–Crippen MR) is 103 cm³/mol. The summed E-state index contributed by atoms with van der Waals surface area (Å²) in [6, 6.07) is 5.79. The Bertz CT molecular complexity index is 845. The molecule has 1 amide bonds. The summed E-state index contributed by atoms with van der Waals surface area (Å²) in [7, 11) is 1.64. The van der Waals surface area contributed by atoms with Crippen LogP contribution in [0.15, 0.2) is 28.6 Å². The average Bonchev–Trinajstić information content (AvgIpc) is 2.97. The molecule has 0 bridgehead atoms. The quantitative estimate of drug-likeness (QED) is 0.823. The summed E-state index contributed by atoms with van der Waals surface area (Å²) in [4.78, 5) is 14.8. The van der Waals surface area contributed by atoms with Crippen molar-refractivity contribution in [2.24, 2.45) is 0 Å². The zero-order valence-corrected chi connectivity index (χ0v) is 16.2. The van der Waals surface area contributed by atoms with Gasteiger partial charge in [-0.25, -0.2) is 0 Å². The molecule has 0 fully saturated rings. The van der Waals surface area contributed by atoms with Crippen LogP contribution in [-0.4, -0.2) is 34.5 Å². The first-order valence-corrected chi connectivity index (χ1v) is 9.55. The maximum Gasteiger partial charge on any atom is 0.238 e. The summed E-state index contributed by atoms with van der Waals surface area (Å²) in [6.45, 7) is 6.13. The van der Waals surface area contributed by atoms with E-state index in [9.17, 15) is 4.79 Å². The number of carbonyl (C=O) groups excluding carboxylic acids is 1. The molecular formula is C17H20N4O2S2. The molecule has 0 spiro atoms.